The van der Waals surface area contributed by atoms with Crippen LogP contribution < -0.4 is 0 Å². The van der Waals surface area contributed by atoms with Crippen LogP contribution in [0.2, 0.25) is 0 Å². The van der Waals surface area contributed by atoms with Gasteiger partial charge in [-0.2, -0.15) is 0 Å². The number of aromatic nitrogens is 3. The van der Waals surface area contributed by atoms with E-state index in [4.69, 9.17) is 0 Å². The molecule has 0 spiro atoms. The third kappa shape index (κ3) is 3.48. The van der Waals surface area contributed by atoms with Gasteiger partial charge >= 0.3 is 0 Å². The lowest BCUT2D eigenvalue weighted by atomic mass is 9.98. The molecule has 1 aromatic carbocycles. The van der Waals surface area contributed by atoms with E-state index in [9.17, 15) is 4.79 Å². The summed E-state index contributed by atoms with van der Waals surface area (Å²) in [6.07, 6.45) is 3.40. The number of carbonyl (C=O) groups excluding carboxylic acids is 1. The van der Waals surface area contributed by atoms with Crippen molar-refractivity contribution < 1.29 is 4.79 Å². The first kappa shape index (κ1) is 17.0. The predicted octanol–water partition coefficient (Wildman–Crippen LogP) is 3.46. The molecule has 0 radical (unpaired) electrons. The molecule has 1 aliphatic rings. The monoisotopic (exact) mass is 344 g/mol. The van der Waals surface area contributed by atoms with Crippen LogP contribution >= 0.6 is 11.8 Å². The van der Waals surface area contributed by atoms with Gasteiger partial charge in [0, 0.05) is 17.8 Å². The average molecular weight is 344 g/mol. The molecule has 1 aliphatic heterocycles. The first-order chi connectivity index (χ1) is 11.6. The third-order valence-corrected chi connectivity index (χ3v) is 5.53. The molecule has 0 aliphatic carbocycles. The summed E-state index contributed by atoms with van der Waals surface area (Å²) in [4.78, 5) is 14.7. The van der Waals surface area contributed by atoms with E-state index in [-0.39, 0.29) is 5.91 Å². The van der Waals surface area contributed by atoms with Gasteiger partial charge < -0.3 is 4.90 Å². The van der Waals surface area contributed by atoms with Crippen molar-refractivity contribution in [1.82, 2.24) is 19.7 Å². The molecule has 1 aromatic heterocycles. The number of hydrogen-bond donors (Lipinski definition) is 0. The van der Waals surface area contributed by atoms with Crippen LogP contribution in [0.5, 0.6) is 0 Å². The first-order valence-electron chi connectivity index (χ1n) is 8.49. The fourth-order valence-corrected chi connectivity index (χ4v) is 4.29. The highest BCUT2D eigenvalue weighted by Crippen LogP contribution is 2.26. The van der Waals surface area contributed by atoms with Crippen LogP contribution in [0.15, 0.2) is 35.5 Å². The Labute approximate surface area is 147 Å². The molecule has 5 nitrogen and oxygen atoms in total. The maximum Gasteiger partial charge on any atom is 0.233 e. The normalized spacial score (nSPS) is 21.0. The molecular weight excluding hydrogens is 320 g/mol. The maximum atomic E-state index is 12.7. The zero-order valence-corrected chi connectivity index (χ0v) is 15.3. The van der Waals surface area contributed by atoms with E-state index in [1.165, 1.54) is 18.2 Å². The first-order valence-corrected chi connectivity index (χ1v) is 9.48. The van der Waals surface area contributed by atoms with E-state index in [1.54, 1.807) is 0 Å². The molecule has 0 N–H and O–H groups in total. The molecule has 0 saturated carbocycles. The number of likely N-dealkylation sites (tertiary alicyclic amines) is 1. The second kappa shape index (κ2) is 7.38. The quantitative estimate of drug-likeness (QED) is 0.797. The van der Waals surface area contributed by atoms with Gasteiger partial charge in [0.25, 0.3) is 0 Å². The van der Waals surface area contributed by atoms with Crippen molar-refractivity contribution in [3.63, 3.8) is 0 Å². The molecule has 1 saturated heterocycles. The summed E-state index contributed by atoms with van der Waals surface area (Å²) in [5.74, 6) is 1.43. The van der Waals surface area contributed by atoms with Crippen molar-refractivity contribution in [3.8, 4) is 5.69 Å². The summed E-state index contributed by atoms with van der Waals surface area (Å²) >= 11 is 1.47. The Balaban J connectivity index is 1.72. The standard InChI is InChI=1S/C18H24N4OS/c1-13-8-7-9-14(2)21(13)17(23)12-24-18-20-19-15(3)22(18)16-10-5-4-6-11-16/h4-6,10-11,13-14H,7-9,12H2,1-3H3/t13-,14-/m0/s1. The Morgan fingerprint density at radius 3 is 2.50 bits per heavy atom. The van der Waals surface area contributed by atoms with Crippen molar-refractivity contribution in [2.45, 2.75) is 57.3 Å². The minimum Gasteiger partial charge on any atom is -0.337 e. The van der Waals surface area contributed by atoms with Gasteiger partial charge in [0.15, 0.2) is 5.16 Å². The second-order valence-corrected chi connectivity index (χ2v) is 7.36. The minimum absolute atomic E-state index is 0.194. The van der Waals surface area contributed by atoms with Crippen LogP contribution in [0.4, 0.5) is 0 Å². The zero-order chi connectivity index (χ0) is 17.1. The largest absolute Gasteiger partial charge is 0.337 e. The Bertz CT molecular complexity index is 690. The van der Waals surface area contributed by atoms with Crippen molar-refractivity contribution >= 4 is 17.7 Å². The highest BCUT2D eigenvalue weighted by atomic mass is 32.2. The smallest absolute Gasteiger partial charge is 0.233 e. The molecule has 2 heterocycles. The lowest BCUT2D eigenvalue weighted by Crippen LogP contribution is -2.48. The Morgan fingerprint density at radius 1 is 1.17 bits per heavy atom. The molecule has 3 rings (SSSR count). The van der Waals surface area contributed by atoms with Crippen LogP contribution in [0.25, 0.3) is 5.69 Å². The molecule has 128 valence electrons. The van der Waals surface area contributed by atoms with Gasteiger partial charge in [-0.3, -0.25) is 9.36 Å². The molecule has 2 aromatic rings. The number of piperidine rings is 1. The van der Waals surface area contributed by atoms with Crippen molar-refractivity contribution in [3.05, 3.63) is 36.2 Å². The van der Waals surface area contributed by atoms with Crippen LogP contribution in [0.3, 0.4) is 0 Å². The summed E-state index contributed by atoms with van der Waals surface area (Å²) in [5, 5.41) is 9.20. The number of thioether (sulfide) groups is 1. The second-order valence-electron chi connectivity index (χ2n) is 6.42. The molecule has 0 bridgehead atoms. The molecule has 6 heteroatoms. The number of aryl methyl sites for hydroxylation is 1. The van der Waals surface area contributed by atoms with E-state index in [0.29, 0.717) is 17.8 Å². The number of benzene rings is 1. The zero-order valence-electron chi connectivity index (χ0n) is 14.5. The van der Waals surface area contributed by atoms with Gasteiger partial charge in [-0.05, 0) is 52.2 Å². The summed E-state index contributed by atoms with van der Waals surface area (Å²) < 4.78 is 2.00. The topological polar surface area (TPSA) is 51.0 Å². The molecule has 24 heavy (non-hydrogen) atoms. The highest BCUT2D eigenvalue weighted by Gasteiger charge is 2.29. The van der Waals surface area contributed by atoms with E-state index < -0.39 is 0 Å². The van der Waals surface area contributed by atoms with E-state index in [1.807, 2.05) is 46.7 Å². The van der Waals surface area contributed by atoms with Crippen molar-refractivity contribution in [1.29, 1.82) is 0 Å². The van der Waals surface area contributed by atoms with Gasteiger partial charge in [0.05, 0.1) is 5.75 Å². The SMILES string of the molecule is Cc1nnc(SCC(=O)N2[C@@H](C)CCC[C@@H]2C)n1-c1ccccc1. The molecule has 1 fully saturated rings. The van der Waals surface area contributed by atoms with Crippen molar-refractivity contribution in [2.24, 2.45) is 0 Å². The van der Waals surface area contributed by atoms with Gasteiger partial charge in [-0.15, -0.1) is 10.2 Å². The summed E-state index contributed by atoms with van der Waals surface area (Å²) in [6, 6.07) is 10.7. The fourth-order valence-electron chi connectivity index (χ4n) is 3.42. The lowest BCUT2D eigenvalue weighted by Gasteiger charge is -2.39. The van der Waals surface area contributed by atoms with Gasteiger partial charge in [0.1, 0.15) is 5.82 Å². The number of rotatable bonds is 4. The Morgan fingerprint density at radius 2 is 1.83 bits per heavy atom. The van der Waals surface area contributed by atoms with Crippen molar-refractivity contribution in [2.75, 3.05) is 5.75 Å². The number of hydrogen-bond acceptors (Lipinski definition) is 4. The molecular formula is C18H24N4OS. The van der Waals surface area contributed by atoms with E-state index >= 15 is 0 Å². The molecule has 2 atom stereocenters. The number of para-hydroxylation sites is 1. The number of carbonyl (C=O) groups is 1. The van der Waals surface area contributed by atoms with E-state index in [0.717, 1.165) is 29.5 Å². The predicted molar refractivity (Wildman–Crippen MR) is 96.4 cm³/mol. The van der Waals surface area contributed by atoms with E-state index in [2.05, 4.69) is 24.0 Å². The fraction of sp³-hybridized carbons (Fsp3) is 0.500. The van der Waals surface area contributed by atoms with Crippen LogP contribution in [-0.2, 0) is 4.79 Å². The Kier molecular flexibility index (Phi) is 5.23. The van der Waals surface area contributed by atoms with Crippen LogP contribution in [-0.4, -0.2) is 43.4 Å². The third-order valence-electron chi connectivity index (χ3n) is 4.62. The van der Waals surface area contributed by atoms with Gasteiger partial charge in [0.2, 0.25) is 5.91 Å². The maximum absolute atomic E-state index is 12.7. The summed E-state index contributed by atoms with van der Waals surface area (Å²) in [5.41, 5.74) is 1.02. The summed E-state index contributed by atoms with van der Waals surface area (Å²) in [7, 11) is 0. The number of nitrogens with zero attached hydrogens (tertiary/aromatic N) is 4. The van der Waals surface area contributed by atoms with Crippen LogP contribution in [0.1, 0.15) is 38.9 Å². The molecule has 0 unspecified atom stereocenters. The minimum atomic E-state index is 0.194. The summed E-state index contributed by atoms with van der Waals surface area (Å²) in [6.45, 7) is 6.23. The highest BCUT2D eigenvalue weighted by molar-refractivity contribution is 7.99. The van der Waals surface area contributed by atoms with Gasteiger partial charge in [-0.25, -0.2) is 0 Å². The van der Waals surface area contributed by atoms with Gasteiger partial charge in [-0.1, -0.05) is 30.0 Å². The van der Waals surface area contributed by atoms with Crippen LogP contribution in [0, 0.1) is 6.92 Å². The average Bonchev–Trinajstić information content (AvgIpc) is 2.94. The number of amides is 1. The Hall–Kier alpha value is -1.82. The lowest BCUT2D eigenvalue weighted by molar-refractivity contribution is -0.134. The molecule has 1 amide bonds.